The molecule has 0 atom stereocenters. The van der Waals surface area contributed by atoms with Crippen molar-refractivity contribution in [3.8, 4) is 0 Å². The number of sulfone groups is 1. The van der Waals surface area contributed by atoms with E-state index in [2.05, 4.69) is 15.0 Å². The monoisotopic (exact) mass is 298 g/mol. The third kappa shape index (κ3) is 2.85. The van der Waals surface area contributed by atoms with Crippen LogP contribution in [0.25, 0.3) is 0 Å². The van der Waals surface area contributed by atoms with Gasteiger partial charge in [-0.2, -0.15) is 0 Å². The van der Waals surface area contributed by atoms with Crippen LogP contribution in [0.15, 0.2) is 33.9 Å². The second-order valence-electron chi connectivity index (χ2n) is 4.16. The molecular formula is C12H11FN2O4S. The van der Waals surface area contributed by atoms with E-state index in [-0.39, 0.29) is 11.3 Å². The van der Waals surface area contributed by atoms with Gasteiger partial charge in [-0.1, -0.05) is 5.16 Å². The highest BCUT2D eigenvalue weighted by molar-refractivity contribution is 7.90. The Morgan fingerprint density at radius 1 is 1.30 bits per heavy atom. The van der Waals surface area contributed by atoms with Gasteiger partial charge >= 0.3 is 0 Å². The molecule has 0 unspecified atom stereocenters. The Bertz CT molecular complexity index is 750. The van der Waals surface area contributed by atoms with Crippen molar-refractivity contribution >= 4 is 21.4 Å². The Kier molecular flexibility index (Phi) is 3.58. The van der Waals surface area contributed by atoms with Gasteiger partial charge in [0.25, 0.3) is 11.0 Å². The third-order valence-corrected chi connectivity index (χ3v) is 3.45. The molecule has 1 aromatic heterocycles. The summed E-state index contributed by atoms with van der Waals surface area (Å²) < 4.78 is 40.5. The summed E-state index contributed by atoms with van der Waals surface area (Å²) in [5, 5.41) is 5.45. The summed E-state index contributed by atoms with van der Waals surface area (Å²) in [5.74, 6) is -1.13. The fraction of sp³-hybridized carbons (Fsp3) is 0.167. The molecule has 0 spiro atoms. The maximum Gasteiger partial charge on any atom is 0.263 e. The normalized spacial score (nSPS) is 11.3. The van der Waals surface area contributed by atoms with Crippen molar-refractivity contribution in [2.75, 3.05) is 11.6 Å². The Morgan fingerprint density at radius 3 is 2.45 bits per heavy atom. The third-order valence-electron chi connectivity index (χ3n) is 2.50. The van der Waals surface area contributed by atoms with Crippen LogP contribution in [-0.4, -0.2) is 25.7 Å². The summed E-state index contributed by atoms with van der Waals surface area (Å²) in [6.45, 7) is 1.46. The van der Waals surface area contributed by atoms with E-state index in [9.17, 15) is 17.6 Å². The van der Waals surface area contributed by atoms with Gasteiger partial charge in [0.05, 0.1) is 5.69 Å². The van der Waals surface area contributed by atoms with Gasteiger partial charge in [0.1, 0.15) is 11.4 Å². The number of hydrogen-bond donors (Lipinski definition) is 1. The number of rotatable bonds is 3. The number of nitrogens with zero attached hydrogens (tertiary/aromatic N) is 1. The number of anilines is 1. The number of nitrogens with one attached hydrogen (secondary N) is 1. The first kappa shape index (κ1) is 14.2. The van der Waals surface area contributed by atoms with Crippen LogP contribution in [0.2, 0.25) is 0 Å². The molecule has 0 fully saturated rings. The number of carbonyl (C=O) groups excluding carboxylic acids is 1. The van der Waals surface area contributed by atoms with Crippen LogP contribution >= 0.6 is 0 Å². The molecule has 1 heterocycles. The Hall–Kier alpha value is -2.22. The van der Waals surface area contributed by atoms with Crippen molar-refractivity contribution < 1.29 is 22.1 Å². The lowest BCUT2D eigenvalue weighted by molar-refractivity contribution is 0.102. The van der Waals surface area contributed by atoms with Gasteiger partial charge in [-0.3, -0.25) is 4.79 Å². The lowest BCUT2D eigenvalue weighted by Crippen LogP contribution is -2.15. The predicted octanol–water partition coefficient (Wildman–Crippen LogP) is 1.78. The van der Waals surface area contributed by atoms with Crippen molar-refractivity contribution in [3.05, 3.63) is 41.3 Å². The second-order valence-corrected chi connectivity index (χ2v) is 6.08. The zero-order valence-corrected chi connectivity index (χ0v) is 11.5. The van der Waals surface area contributed by atoms with Crippen molar-refractivity contribution in [3.63, 3.8) is 0 Å². The van der Waals surface area contributed by atoms with Crippen LogP contribution in [0, 0.1) is 12.7 Å². The molecule has 0 radical (unpaired) electrons. The molecule has 0 saturated carbocycles. The molecule has 6 nitrogen and oxygen atoms in total. The molecule has 2 rings (SSSR count). The lowest BCUT2D eigenvalue weighted by Gasteiger charge is -2.04. The van der Waals surface area contributed by atoms with E-state index < -0.39 is 26.7 Å². The van der Waals surface area contributed by atoms with Crippen molar-refractivity contribution in [2.45, 2.75) is 12.0 Å². The highest BCUT2D eigenvalue weighted by Crippen LogP contribution is 2.20. The molecule has 0 saturated heterocycles. The first-order valence-electron chi connectivity index (χ1n) is 5.52. The average Bonchev–Trinajstić information content (AvgIpc) is 2.74. The molecular weight excluding hydrogens is 287 g/mol. The summed E-state index contributed by atoms with van der Waals surface area (Å²) in [6.07, 6.45) is 0.918. The quantitative estimate of drug-likeness (QED) is 0.933. The van der Waals surface area contributed by atoms with Crippen molar-refractivity contribution in [1.29, 1.82) is 0 Å². The van der Waals surface area contributed by atoms with Gasteiger partial charge in [-0.25, -0.2) is 12.8 Å². The van der Waals surface area contributed by atoms with Crippen molar-refractivity contribution in [2.24, 2.45) is 0 Å². The number of aryl methyl sites for hydroxylation is 1. The fourth-order valence-corrected chi connectivity index (χ4v) is 2.37. The minimum Gasteiger partial charge on any atom is -0.343 e. The topological polar surface area (TPSA) is 89.3 Å². The summed E-state index contributed by atoms with van der Waals surface area (Å²) in [5.41, 5.74) is 0.332. The molecule has 0 aliphatic rings. The highest BCUT2D eigenvalue weighted by atomic mass is 32.2. The maximum absolute atomic E-state index is 12.8. The van der Waals surface area contributed by atoms with Crippen LogP contribution in [0.4, 0.5) is 10.1 Å². The van der Waals surface area contributed by atoms with E-state index in [1.165, 1.54) is 31.2 Å². The smallest absolute Gasteiger partial charge is 0.263 e. The first-order chi connectivity index (χ1) is 9.29. The van der Waals surface area contributed by atoms with E-state index in [0.717, 1.165) is 6.26 Å². The largest absolute Gasteiger partial charge is 0.343 e. The molecule has 0 bridgehead atoms. The van der Waals surface area contributed by atoms with E-state index in [4.69, 9.17) is 0 Å². The molecule has 1 aromatic carbocycles. The Morgan fingerprint density at radius 2 is 1.90 bits per heavy atom. The minimum absolute atomic E-state index is 0.156. The van der Waals surface area contributed by atoms with E-state index in [0.29, 0.717) is 5.69 Å². The molecule has 2 aromatic rings. The van der Waals surface area contributed by atoms with Gasteiger partial charge in [-0.05, 0) is 31.2 Å². The summed E-state index contributed by atoms with van der Waals surface area (Å²) in [6, 6.07) is 5.06. The summed E-state index contributed by atoms with van der Waals surface area (Å²) in [7, 11) is -3.71. The van der Waals surface area contributed by atoms with Gasteiger partial charge in [0, 0.05) is 11.9 Å². The molecule has 106 valence electrons. The number of hydrogen-bond acceptors (Lipinski definition) is 5. The van der Waals surface area contributed by atoms with E-state index in [1.54, 1.807) is 0 Å². The zero-order chi connectivity index (χ0) is 14.9. The SMILES string of the molecule is Cc1noc(S(C)(=O)=O)c1C(=O)Nc1ccc(F)cc1. The van der Waals surface area contributed by atoms with Gasteiger partial charge in [0.15, 0.2) is 0 Å². The van der Waals surface area contributed by atoms with Crippen LogP contribution in [0.1, 0.15) is 16.1 Å². The first-order valence-corrected chi connectivity index (χ1v) is 7.41. The van der Waals surface area contributed by atoms with Crippen LogP contribution in [0.3, 0.4) is 0 Å². The summed E-state index contributed by atoms with van der Waals surface area (Å²) in [4.78, 5) is 12.1. The molecule has 0 aliphatic carbocycles. The average molecular weight is 298 g/mol. The number of aromatic nitrogens is 1. The predicted molar refractivity (Wildman–Crippen MR) is 68.7 cm³/mol. The highest BCUT2D eigenvalue weighted by Gasteiger charge is 2.27. The van der Waals surface area contributed by atoms with Gasteiger partial charge in [-0.15, -0.1) is 0 Å². The zero-order valence-electron chi connectivity index (χ0n) is 10.7. The number of benzene rings is 1. The Balaban J connectivity index is 2.35. The Labute approximate surface area is 114 Å². The molecule has 0 aliphatic heterocycles. The van der Waals surface area contributed by atoms with Crippen LogP contribution in [-0.2, 0) is 9.84 Å². The second kappa shape index (κ2) is 5.04. The van der Waals surface area contributed by atoms with Gasteiger partial charge < -0.3 is 9.84 Å². The van der Waals surface area contributed by atoms with E-state index >= 15 is 0 Å². The van der Waals surface area contributed by atoms with Gasteiger partial charge in [0.2, 0.25) is 9.84 Å². The number of halogens is 1. The number of carbonyl (C=O) groups is 1. The van der Waals surface area contributed by atoms with Crippen LogP contribution in [0.5, 0.6) is 0 Å². The van der Waals surface area contributed by atoms with Crippen molar-refractivity contribution in [1.82, 2.24) is 5.16 Å². The molecule has 8 heteroatoms. The molecule has 20 heavy (non-hydrogen) atoms. The summed E-state index contributed by atoms with van der Waals surface area (Å²) >= 11 is 0. The molecule has 1 amide bonds. The van der Waals surface area contributed by atoms with E-state index in [1.807, 2.05) is 0 Å². The minimum atomic E-state index is -3.71. The lowest BCUT2D eigenvalue weighted by atomic mass is 10.2. The maximum atomic E-state index is 12.8. The number of amides is 1. The fourth-order valence-electron chi connectivity index (χ4n) is 1.59. The standard InChI is InChI=1S/C12H11FN2O4S/c1-7-10(12(19-15-7)20(2,17)18)11(16)14-9-5-3-8(13)4-6-9/h3-6H,1-2H3,(H,14,16). The molecule has 1 N–H and O–H groups in total. The van der Waals surface area contributed by atoms with Crippen LogP contribution < -0.4 is 5.32 Å².